The van der Waals surface area contributed by atoms with Gasteiger partial charge >= 0.3 is 0 Å². The molecule has 19 heavy (non-hydrogen) atoms. The van der Waals surface area contributed by atoms with Crippen LogP contribution in [0.1, 0.15) is 30.5 Å². The lowest BCUT2D eigenvalue weighted by Gasteiger charge is -2.03. The minimum atomic E-state index is -0.237. The molecule has 0 saturated heterocycles. The molecule has 100 valence electrons. The third-order valence-corrected chi connectivity index (χ3v) is 3.14. The van der Waals surface area contributed by atoms with Crippen LogP contribution in [0.4, 0.5) is 0 Å². The Labute approximate surface area is 112 Å². The molecule has 0 fully saturated rings. The maximum Gasteiger partial charge on any atom is 0.251 e. The second-order valence-corrected chi connectivity index (χ2v) is 4.77. The first-order valence-electron chi connectivity index (χ1n) is 6.70. The molecule has 2 aromatic rings. The number of aromatic nitrogens is 1. The predicted molar refractivity (Wildman–Crippen MR) is 76.4 cm³/mol. The van der Waals surface area contributed by atoms with Gasteiger partial charge in [-0.15, -0.1) is 0 Å². The molecule has 1 aromatic heterocycles. The largest absolute Gasteiger partial charge is 0.508 e. The molecule has 1 heterocycles. The Morgan fingerprint density at radius 1 is 0.947 bits per heavy atom. The van der Waals surface area contributed by atoms with Crippen LogP contribution in [-0.4, -0.2) is 10.1 Å². The predicted octanol–water partition coefficient (Wildman–Crippen LogP) is 3.04. The number of aryl methyl sites for hydroxylation is 2. The molecule has 0 aliphatic rings. The SMILES string of the molecule is O=c1cc(O)cc(CCCCCc2ccccc2)[nH]1. The Morgan fingerprint density at radius 3 is 2.42 bits per heavy atom. The molecule has 3 nitrogen and oxygen atoms in total. The Balaban J connectivity index is 1.71. The van der Waals surface area contributed by atoms with Crippen LogP contribution in [0.2, 0.25) is 0 Å². The minimum absolute atomic E-state index is 0.0445. The fourth-order valence-corrected chi connectivity index (χ4v) is 2.19. The highest BCUT2D eigenvalue weighted by Crippen LogP contribution is 2.11. The lowest BCUT2D eigenvalue weighted by atomic mass is 10.1. The van der Waals surface area contributed by atoms with Crippen LogP contribution in [0.25, 0.3) is 0 Å². The monoisotopic (exact) mass is 257 g/mol. The van der Waals surface area contributed by atoms with Crippen LogP contribution in [0.15, 0.2) is 47.3 Å². The molecule has 0 unspecified atom stereocenters. The van der Waals surface area contributed by atoms with Gasteiger partial charge in [0.2, 0.25) is 0 Å². The Kier molecular flexibility index (Phi) is 4.78. The summed E-state index contributed by atoms with van der Waals surface area (Å²) in [6.07, 6.45) is 5.18. The van der Waals surface area contributed by atoms with Gasteiger partial charge in [-0.3, -0.25) is 4.79 Å². The number of rotatable bonds is 6. The first-order valence-corrected chi connectivity index (χ1v) is 6.70. The number of hydrogen-bond donors (Lipinski definition) is 2. The summed E-state index contributed by atoms with van der Waals surface area (Å²) in [6, 6.07) is 13.3. The van der Waals surface area contributed by atoms with Gasteiger partial charge in [-0.05, 0) is 37.3 Å². The van der Waals surface area contributed by atoms with E-state index in [1.807, 2.05) is 6.07 Å². The summed E-state index contributed by atoms with van der Waals surface area (Å²) in [5.41, 5.74) is 1.94. The Bertz CT molecular complexity index is 560. The molecule has 2 N–H and O–H groups in total. The van der Waals surface area contributed by atoms with Crippen LogP contribution >= 0.6 is 0 Å². The van der Waals surface area contributed by atoms with Crippen LogP contribution < -0.4 is 5.56 Å². The van der Waals surface area contributed by atoms with Crippen molar-refractivity contribution in [2.75, 3.05) is 0 Å². The highest BCUT2D eigenvalue weighted by molar-refractivity contribution is 5.20. The molecule has 0 spiro atoms. The molecule has 0 aliphatic carbocycles. The third kappa shape index (κ3) is 4.62. The fraction of sp³-hybridized carbons (Fsp3) is 0.312. The number of benzene rings is 1. The van der Waals surface area contributed by atoms with Crippen molar-refractivity contribution in [3.05, 3.63) is 64.1 Å². The summed E-state index contributed by atoms with van der Waals surface area (Å²) in [5, 5.41) is 9.33. The van der Waals surface area contributed by atoms with Crippen molar-refractivity contribution < 1.29 is 5.11 Å². The van der Waals surface area contributed by atoms with Gasteiger partial charge in [-0.1, -0.05) is 36.8 Å². The van der Waals surface area contributed by atoms with Crippen molar-refractivity contribution in [2.45, 2.75) is 32.1 Å². The second-order valence-electron chi connectivity index (χ2n) is 4.77. The lowest BCUT2D eigenvalue weighted by molar-refractivity contribution is 0.472. The molecule has 0 aliphatic heterocycles. The van der Waals surface area contributed by atoms with E-state index < -0.39 is 0 Å². The quantitative estimate of drug-likeness (QED) is 0.781. The third-order valence-electron chi connectivity index (χ3n) is 3.14. The fourth-order valence-electron chi connectivity index (χ4n) is 2.19. The molecule has 0 saturated carbocycles. The molecular weight excluding hydrogens is 238 g/mol. The first kappa shape index (κ1) is 13.4. The van der Waals surface area contributed by atoms with E-state index in [1.54, 1.807) is 6.07 Å². The minimum Gasteiger partial charge on any atom is -0.508 e. The summed E-state index contributed by atoms with van der Waals surface area (Å²) in [5.74, 6) is 0.0445. The van der Waals surface area contributed by atoms with Gasteiger partial charge < -0.3 is 10.1 Å². The van der Waals surface area contributed by atoms with Crippen molar-refractivity contribution in [3.63, 3.8) is 0 Å². The van der Waals surface area contributed by atoms with E-state index in [-0.39, 0.29) is 11.3 Å². The van der Waals surface area contributed by atoms with E-state index in [0.29, 0.717) is 0 Å². The molecule has 0 amide bonds. The van der Waals surface area contributed by atoms with E-state index in [4.69, 9.17) is 0 Å². The zero-order chi connectivity index (χ0) is 13.5. The van der Waals surface area contributed by atoms with Gasteiger partial charge in [-0.2, -0.15) is 0 Å². The maximum atomic E-state index is 11.2. The van der Waals surface area contributed by atoms with E-state index >= 15 is 0 Å². The van der Waals surface area contributed by atoms with E-state index in [9.17, 15) is 9.90 Å². The number of H-pyrrole nitrogens is 1. The number of nitrogens with one attached hydrogen (secondary N) is 1. The van der Waals surface area contributed by atoms with Gasteiger partial charge in [-0.25, -0.2) is 0 Å². The van der Waals surface area contributed by atoms with Crippen LogP contribution in [0.3, 0.4) is 0 Å². The van der Waals surface area contributed by atoms with Crippen molar-refractivity contribution >= 4 is 0 Å². The highest BCUT2D eigenvalue weighted by atomic mass is 16.3. The van der Waals surface area contributed by atoms with Gasteiger partial charge in [0.15, 0.2) is 0 Å². The molecule has 0 bridgehead atoms. The second kappa shape index (κ2) is 6.78. The molecule has 2 rings (SSSR count). The van der Waals surface area contributed by atoms with Crippen molar-refractivity contribution in [1.29, 1.82) is 0 Å². The maximum absolute atomic E-state index is 11.2. The topological polar surface area (TPSA) is 53.1 Å². The van der Waals surface area contributed by atoms with Crippen LogP contribution in [0.5, 0.6) is 5.75 Å². The average molecular weight is 257 g/mol. The zero-order valence-electron chi connectivity index (χ0n) is 10.9. The standard InChI is InChI=1S/C16H19NO2/c18-15-11-14(17-16(19)12-15)10-6-2-5-9-13-7-3-1-4-8-13/h1,3-4,7-8,11-12H,2,5-6,9-10H2,(H2,17,18,19). The summed E-state index contributed by atoms with van der Waals surface area (Å²) >= 11 is 0. The van der Waals surface area contributed by atoms with Gasteiger partial charge in [0, 0.05) is 11.8 Å². The molecular formula is C16H19NO2. The molecule has 1 aromatic carbocycles. The Morgan fingerprint density at radius 2 is 1.68 bits per heavy atom. The summed E-state index contributed by atoms with van der Waals surface area (Å²) in [4.78, 5) is 13.9. The lowest BCUT2D eigenvalue weighted by Crippen LogP contribution is -2.06. The number of hydrogen-bond acceptors (Lipinski definition) is 2. The number of aromatic amines is 1. The number of pyridine rings is 1. The molecule has 3 heteroatoms. The van der Waals surface area contributed by atoms with E-state index in [2.05, 4.69) is 29.2 Å². The van der Waals surface area contributed by atoms with Crippen molar-refractivity contribution in [3.8, 4) is 5.75 Å². The molecule has 0 atom stereocenters. The van der Waals surface area contributed by atoms with Crippen LogP contribution in [-0.2, 0) is 12.8 Å². The van der Waals surface area contributed by atoms with Gasteiger partial charge in [0.05, 0.1) is 0 Å². The molecule has 0 radical (unpaired) electrons. The smallest absolute Gasteiger partial charge is 0.251 e. The van der Waals surface area contributed by atoms with Crippen LogP contribution in [0, 0.1) is 0 Å². The number of unbranched alkanes of at least 4 members (excludes halogenated alkanes) is 2. The highest BCUT2D eigenvalue weighted by Gasteiger charge is 1.98. The van der Waals surface area contributed by atoms with E-state index in [1.165, 1.54) is 11.6 Å². The zero-order valence-corrected chi connectivity index (χ0v) is 10.9. The van der Waals surface area contributed by atoms with Gasteiger partial charge in [0.1, 0.15) is 5.75 Å². The van der Waals surface area contributed by atoms with Crippen molar-refractivity contribution in [2.24, 2.45) is 0 Å². The average Bonchev–Trinajstić information content (AvgIpc) is 2.38. The summed E-state index contributed by atoms with van der Waals surface area (Å²) < 4.78 is 0. The van der Waals surface area contributed by atoms with E-state index in [0.717, 1.165) is 37.8 Å². The first-order chi connectivity index (χ1) is 9.24. The van der Waals surface area contributed by atoms with Crippen molar-refractivity contribution in [1.82, 2.24) is 4.98 Å². The summed E-state index contributed by atoms with van der Waals surface area (Å²) in [6.45, 7) is 0. The van der Waals surface area contributed by atoms with Gasteiger partial charge in [0.25, 0.3) is 5.56 Å². The number of aromatic hydroxyl groups is 1. The Hall–Kier alpha value is -2.03. The normalized spacial score (nSPS) is 10.5. The summed E-state index contributed by atoms with van der Waals surface area (Å²) in [7, 11) is 0.